The second kappa shape index (κ2) is 7.52. The van der Waals surface area contributed by atoms with Crippen LogP contribution in [-0.2, 0) is 4.79 Å². The highest BCUT2D eigenvalue weighted by Gasteiger charge is 2.29. The Morgan fingerprint density at radius 1 is 1.32 bits per heavy atom. The molecule has 0 radical (unpaired) electrons. The fraction of sp³-hybridized carbons (Fsp3) is 0.611. The Kier molecular flexibility index (Phi) is 5.69. The molecule has 0 N–H and O–H groups in total. The normalized spacial score (nSPS) is 16.5. The maximum atomic E-state index is 12.6. The Hall–Kier alpha value is -1.71. The molecule has 1 unspecified atom stereocenters. The van der Waals surface area contributed by atoms with E-state index in [0.29, 0.717) is 6.42 Å². The number of rotatable bonds is 7. The second-order valence-corrected chi connectivity index (χ2v) is 6.09. The highest BCUT2D eigenvalue weighted by atomic mass is 16.5. The molecule has 0 aliphatic carbocycles. The van der Waals surface area contributed by atoms with Gasteiger partial charge in [-0.3, -0.25) is 4.79 Å². The van der Waals surface area contributed by atoms with Crippen LogP contribution >= 0.6 is 0 Å². The molecule has 22 heavy (non-hydrogen) atoms. The first-order valence-corrected chi connectivity index (χ1v) is 8.27. The van der Waals surface area contributed by atoms with Crippen LogP contribution in [0.1, 0.15) is 44.6 Å². The number of fused-ring (bicyclic) bond motifs is 1. The summed E-state index contributed by atoms with van der Waals surface area (Å²) in [5, 5.41) is 0. The number of likely N-dealkylation sites (N-methyl/N-ethyl adjacent to an activating group) is 1. The van der Waals surface area contributed by atoms with Gasteiger partial charge in [0.05, 0.1) is 7.11 Å². The third-order valence-corrected chi connectivity index (χ3v) is 4.34. The number of hydrogen-bond donors (Lipinski definition) is 0. The Morgan fingerprint density at radius 3 is 2.59 bits per heavy atom. The third kappa shape index (κ3) is 3.54. The summed E-state index contributed by atoms with van der Waals surface area (Å²) < 4.78 is 5.34. The first-order chi connectivity index (χ1) is 10.6. The van der Waals surface area contributed by atoms with Gasteiger partial charge < -0.3 is 14.5 Å². The van der Waals surface area contributed by atoms with Crippen molar-refractivity contribution in [2.24, 2.45) is 0 Å². The molecule has 0 bridgehead atoms. The highest BCUT2D eigenvalue weighted by molar-refractivity contribution is 5.78. The van der Waals surface area contributed by atoms with Gasteiger partial charge in [0.15, 0.2) is 0 Å². The lowest BCUT2D eigenvalue weighted by atomic mass is 9.97. The number of hydrogen-bond acceptors (Lipinski definition) is 3. The van der Waals surface area contributed by atoms with E-state index in [4.69, 9.17) is 4.74 Å². The molecule has 1 aromatic carbocycles. The van der Waals surface area contributed by atoms with Crippen LogP contribution in [0.15, 0.2) is 18.2 Å². The van der Waals surface area contributed by atoms with Gasteiger partial charge in [-0.1, -0.05) is 13.8 Å². The van der Waals surface area contributed by atoms with Crippen molar-refractivity contribution in [3.05, 3.63) is 23.8 Å². The first-order valence-electron chi connectivity index (χ1n) is 8.27. The van der Waals surface area contributed by atoms with Gasteiger partial charge in [0.1, 0.15) is 5.75 Å². The Labute approximate surface area is 134 Å². The standard InChI is InChI=1S/C18H28N2O2/c1-5-9-20(10-6-2)18(21)11-14-13-19(3)17-8-7-15(22-4)12-16(14)17/h7-8,12,14H,5-6,9-11,13H2,1-4H3. The zero-order valence-corrected chi connectivity index (χ0v) is 14.3. The van der Waals surface area contributed by atoms with Gasteiger partial charge >= 0.3 is 0 Å². The molecular formula is C18H28N2O2. The molecule has 0 aromatic heterocycles. The van der Waals surface area contributed by atoms with Gasteiger partial charge in [-0.15, -0.1) is 0 Å². The number of anilines is 1. The lowest BCUT2D eigenvalue weighted by Crippen LogP contribution is -2.33. The average Bonchev–Trinajstić information content (AvgIpc) is 2.82. The molecule has 1 aromatic rings. The summed E-state index contributed by atoms with van der Waals surface area (Å²) in [6.07, 6.45) is 2.62. The number of carbonyl (C=O) groups is 1. The predicted octanol–water partition coefficient (Wildman–Crippen LogP) is 3.27. The van der Waals surface area contributed by atoms with Gasteiger partial charge in [0.2, 0.25) is 5.91 Å². The van der Waals surface area contributed by atoms with Crippen molar-refractivity contribution in [1.82, 2.24) is 4.90 Å². The molecule has 0 fully saturated rings. The van der Waals surface area contributed by atoms with Crippen LogP contribution in [0.3, 0.4) is 0 Å². The minimum Gasteiger partial charge on any atom is -0.497 e. The summed E-state index contributed by atoms with van der Waals surface area (Å²) in [5.41, 5.74) is 2.46. The lowest BCUT2D eigenvalue weighted by molar-refractivity contribution is -0.131. The third-order valence-electron chi connectivity index (χ3n) is 4.34. The van der Waals surface area contributed by atoms with Crippen molar-refractivity contribution in [3.8, 4) is 5.75 Å². The molecule has 1 aliphatic heterocycles. The molecular weight excluding hydrogens is 276 g/mol. The fourth-order valence-electron chi connectivity index (χ4n) is 3.28. The molecule has 1 amide bonds. The number of carbonyl (C=O) groups excluding carboxylic acids is 1. The first kappa shape index (κ1) is 16.7. The molecule has 4 nitrogen and oxygen atoms in total. The minimum atomic E-state index is 0.263. The van der Waals surface area contributed by atoms with Crippen LogP contribution in [-0.4, -0.2) is 44.6 Å². The van der Waals surface area contributed by atoms with Crippen molar-refractivity contribution < 1.29 is 9.53 Å². The average molecular weight is 304 g/mol. The van der Waals surface area contributed by atoms with Gasteiger partial charge in [-0.2, -0.15) is 0 Å². The molecule has 4 heteroatoms. The van der Waals surface area contributed by atoms with Crippen molar-refractivity contribution >= 4 is 11.6 Å². The number of nitrogens with zero attached hydrogens (tertiary/aromatic N) is 2. The topological polar surface area (TPSA) is 32.8 Å². The predicted molar refractivity (Wildman–Crippen MR) is 90.8 cm³/mol. The van der Waals surface area contributed by atoms with Crippen molar-refractivity contribution in [2.45, 2.75) is 39.0 Å². The second-order valence-electron chi connectivity index (χ2n) is 6.09. The summed E-state index contributed by atoms with van der Waals surface area (Å²) in [4.78, 5) is 16.9. The smallest absolute Gasteiger partial charge is 0.223 e. The SMILES string of the molecule is CCCN(CCC)C(=O)CC1CN(C)c2ccc(OC)cc21. The monoisotopic (exact) mass is 304 g/mol. The van der Waals surface area contributed by atoms with E-state index in [9.17, 15) is 4.79 Å². The van der Waals surface area contributed by atoms with Crippen molar-refractivity contribution in [3.63, 3.8) is 0 Å². The minimum absolute atomic E-state index is 0.263. The zero-order chi connectivity index (χ0) is 16.1. The summed E-state index contributed by atoms with van der Waals surface area (Å²) in [7, 11) is 3.77. The van der Waals surface area contributed by atoms with E-state index in [2.05, 4.69) is 37.9 Å². The summed E-state index contributed by atoms with van der Waals surface area (Å²) in [6.45, 7) is 6.87. The molecule has 1 aliphatic rings. The molecule has 122 valence electrons. The Bertz CT molecular complexity index is 510. The van der Waals surface area contributed by atoms with Crippen LogP contribution < -0.4 is 9.64 Å². The van der Waals surface area contributed by atoms with E-state index in [-0.39, 0.29) is 11.8 Å². The highest BCUT2D eigenvalue weighted by Crippen LogP contribution is 2.39. The number of ether oxygens (including phenoxy) is 1. The van der Waals surface area contributed by atoms with E-state index in [1.165, 1.54) is 11.3 Å². The summed E-state index contributed by atoms with van der Waals surface area (Å²) >= 11 is 0. The van der Waals surface area contributed by atoms with Crippen molar-refractivity contribution in [1.29, 1.82) is 0 Å². The quantitative estimate of drug-likeness (QED) is 0.775. The summed E-state index contributed by atoms with van der Waals surface area (Å²) in [5.74, 6) is 1.40. The van der Waals surface area contributed by atoms with Gasteiger partial charge in [-0.25, -0.2) is 0 Å². The Balaban J connectivity index is 2.13. The van der Waals surface area contributed by atoms with Crippen molar-refractivity contribution in [2.75, 3.05) is 38.7 Å². The van der Waals surface area contributed by atoms with E-state index in [1.54, 1.807) is 7.11 Å². The molecule has 0 saturated carbocycles. The van der Waals surface area contributed by atoms with Crippen LogP contribution in [0.25, 0.3) is 0 Å². The van der Waals surface area contributed by atoms with Gasteiger partial charge in [0, 0.05) is 44.7 Å². The largest absolute Gasteiger partial charge is 0.497 e. The van der Waals surface area contributed by atoms with Crippen LogP contribution in [0.4, 0.5) is 5.69 Å². The lowest BCUT2D eigenvalue weighted by Gasteiger charge is -2.23. The van der Waals surface area contributed by atoms with Crippen LogP contribution in [0.5, 0.6) is 5.75 Å². The summed E-state index contributed by atoms with van der Waals surface area (Å²) in [6, 6.07) is 6.16. The van der Waals surface area contributed by atoms with Crippen LogP contribution in [0.2, 0.25) is 0 Å². The maximum absolute atomic E-state index is 12.6. The number of amides is 1. The number of benzene rings is 1. The van der Waals surface area contributed by atoms with Gasteiger partial charge in [0.25, 0.3) is 0 Å². The molecule has 0 spiro atoms. The van der Waals surface area contributed by atoms with Crippen LogP contribution in [0, 0.1) is 0 Å². The van der Waals surface area contributed by atoms with E-state index in [0.717, 1.165) is 38.2 Å². The molecule has 0 saturated heterocycles. The van der Waals surface area contributed by atoms with E-state index < -0.39 is 0 Å². The molecule has 2 rings (SSSR count). The fourth-order valence-corrected chi connectivity index (χ4v) is 3.28. The van der Waals surface area contributed by atoms with E-state index >= 15 is 0 Å². The number of methoxy groups -OCH3 is 1. The zero-order valence-electron chi connectivity index (χ0n) is 14.3. The van der Waals surface area contributed by atoms with Gasteiger partial charge in [-0.05, 0) is 36.6 Å². The van der Waals surface area contributed by atoms with E-state index in [1.807, 2.05) is 11.0 Å². The Morgan fingerprint density at radius 2 is 2.00 bits per heavy atom. The molecule has 1 atom stereocenters. The molecule has 1 heterocycles. The maximum Gasteiger partial charge on any atom is 0.223 e.